The number of fused-ring (bicyclic) bond motifs is 3. The largest absolute Gasteiger partial charge is 0.381 e. The zero-order valence-corrected chi connectivity index (χ0v) is 9.82. The van der Waals surface area contributed by atoms with Crippen molar-refractivity contribution < 1.29 is 9.53 Å². The lowest BCUT2D eigenvalue weighted by Gasteiger charge is -2.47. The standard InChI is InChI=1S/C12H20N2O2/c1-16-8-4-5-10-9(7-8)13-12(15)11-3-2-6-14(10)11/h8-11H,2-7H2,1H3,(H,13,15). The lowest BCUT2D eigenvalue weighted by atomic mass is 9.84. The molecule has 1 amide bonds. The molecule has 1 saturated carbocycles. The van der Waals surface area contributed by atoms with E-state index in [0.29, 0.717) is 18.2 Å². The zero-order valence-electron chi connectivity index (χ0n) is 9.82. The minimum absolute atomic E-state index is 0.167. The molecular weight excluding hydrogens is 204 g/mol. The Morgan fingerprint density at radius 2 is 2.25 bits per heavy atom. The Labute approximate surface area is 96.3 Å². The molecule has 0 aromatic carbocycles. The fourth-order valence-corrected chi connectivity index (χ4v) is 3.63. The number of piperazine rings is 1. The van der Waals surface area contributed by atoms with Gasteiger partial charge in [-0.15, -0.1) is 0 Å². The molecule has 90 valence electrons. The average Bonchev–Trinajstić information content (AvgIpc) is 2.78. The number of nitrogens with one attached hydrogen (secondary N) is 1. The number of hydrogen-bond acceptors (Lipinski definition) is 3. The van der Waals surface area contributed by atoms with Gasteiger partial charge in [0.2, 0.25) is 5.91 Å². The first-order valence-corrected chi connectivity index (χ1v) is 6.38. The van der Waals surface area contributed by atoms with Gasteiger partial charge in [-0.3, -0.25) is 9.69 Å². The van der Waals surface area contributed by atoms with Crippen molar-refractivity contribution in [2.75, 3.05) is 13.7 Å². The van der Waals surface area contributed by atoms with Crippen LogP contribution in [0.25, 0.3) is 0 Å². The molecule has 4 unspecified atom stereocenters. The maximum absolute atomic E-state index is 11.9. The van der Waals surface area contributed by atoms with Crippen LogP contribution in [-0.4, -0.2) is 48.7 Å². The van der Waals surface area contributed by atoms with Gasteiger partial charge in [-0.25, -0.2) is 0 Å². The number of amides is 1. The van der Waals surface area contributed by atoms with Crippen molar-refractivity contribution in [3.05, 3.63) is 0 Å². The number of hydrogen-bond donors (Lipinski definition) is 1. The second kappa shape index (κ2) is 4.00. The second-order valence-electron chi connectivity index (χ2n) is 5.25. The van der Waals surface area contributed by atoms with Crippen LogP contribution in [-0.2, 0) is 9.53 Å². The lowest BCUT2D eigenvalue weighted by Crippen LogP contribution is -2.65. The Kier molecular flexibility index (Phi) is 2.64. The van der Waals surface area contributed by atoms with Crippen molar-refractivity contribution in [3.63, 3.8) is 0 Å². The minimum Gasteiger partial charge on any atom is -0.381 e. The molecule has 0 spiro atoms. The lowest BCUT2D eigenvalue weighted by molar-refractivity contribution is -0.134. The number of methoxy groups -OCH3 is 1. The van der Waals surface area contributed by atoms with Gasteiger partial charge in [0, 0.05) is 19.2 Å². The van der Waals surface area contributed by atoms with Gasteiger partial charge in [0.1, 0.15) is 0 Å². The van der Waals surface area contributed by atoms with E-state index in [0.717, 1.165) is 25.8 Å². The van der Waals surface area contributed by atoms with Gasteiger partial charge < -0.3 is 10.1 Å². The summed E-state index contributed by atoms with van der Waals surface area (Å²) < 4.78 is 5.42. The summed E-state index contributed by atoms with van der Waals surface area (Å²) in [6.45, 7) is 1.11. The first-order valence-electron chi connectivity index (χ1n) is 6.38. The predicted octanol–water partition coefficient (Wildman–Crippen LogP) is 0.517. The normalized spacial score (nSPS) is 43.7. The molecular formula is C12H20N2O2. The molecule has 2 heterocycles. The van der Waals surface area contributed by atoms with Gasteiger partial charge in [0.05, 0.1) is 12.1 Å². The fraction of sp³-hybridized carbons (Fsp3) is 0.917. The summed E-state index contributed by atoms with van der Waals surface area (Å²) >= 11 is 0. The summed E-state index contributed by atoms with van der Waals surface area (Å²) in [6.07, 6.45) is 5.84. The molecule has 0 bridgehead atoms. The molecule has 3 rings (SSSR count). The molecule has 2 aliphatic heterocycles. The Hall–Kier alpha value is -0.610. The fourth-order valence-electron chi connectivity index (χ4n) is 3.63. The third-order valence-electron chi connectivity index (χ3n) is 4.45. The van der Waals surface area contributed by atoms with E-state index < -0.39 is 0 Å². The predicted molar refractivity (Wildman–Crippen MR) is 60.1 cm³/mol. The van der Waals surface area contributed by atoms with Crippen LogP contribution in [0.5, 0.6) is 0 Å². The average molecular weight is 224 g/mol. The number of rotatable bonds is 1. The van der Waals surface area contributed by atoms with E-state index >= 15 is 0 Å². The highest BCUT2D eigenvalue weighted by atomic mass is 16.5. The van der Waals surface area contributed by atoms with Crippen molar-refractivity contribution in [1.82, 2.24) is 10.2 Å². The second-order valence-corrected chi connectivity index (χ2v) is 5.25. The van der Waals surface area contributed by atoms with Crippen LogP contribution < -0.4 is 5.32 Å². The monoisotopic (exact) mass is 224 g/mol. The highest BCUT2D eigenvalue weighted by Gasteiger charge is 2.46. The van der Waals surface area contributed by atoms with Crippen LogP contribution in [0.3, 0.4) is 0 Å². The summed E-state index contributed by atoms with van der Waals surface area (Å²) in [7, 11) is 1.77. The number of carbonyl (C=O) groups excluding carboxylic acids is 1. The molecule has 0 aromatic rings. The summed E-state index contributed by atoms with van der Waals surface area (Å²) in [5.74, 6) is 0.246. The van der Waals surface area contributed by atoms with E-state index in [4.69, 9.17) is 4.74 Å². The van der Waals surface area contributed by atoms with E-state index in [2.05, 4.69) is 10.2 Å². The molecule has 3 aliphatic rings. The van der Waals surface area contributed by atoms with Crippen LogP contribution in [0.4, 0.5) is 0 Å². The van der Waals surface area contributed by atoms with E-state index in [1.54, 1.807) is 7.11 Å². The van der Waals surface area contributed by atoms with Crippen molar-refractivity contribution in [3.8, 4) is 0 Å². The highest BCUT2D eigenvalue weighted by Crippen LogP contribution is 2.33. The number of carbonyl (C=O) groups is 1. The molecule has 4 nitrogen and oxygen atoms in total. The summed E-state index contributed by atoms with van der Waals surface area (Å²) in [6, 6.07) is 1.05. The Morgan fingerprint density at radius 3 is 3.06 bits per heavy atom. The van der Waals surface area contributed by atoms with Gasteiger partial charge >= 0.3 is 0 Å². The summed E-state index contributed by atoms with van der Waals surface area (Å²) in [4.78, 5) is 14.4. The molecule has 0 radical (unpaired) electrons. The van der Waals surface area contributed by atoms with Gasteiger partial charge in [-0.1, -0.05) is 0 Å². The maximum Gasteiger partial charge on any atom is 0.237 e. The van der Waals surface area contributed by atoms with E-state index in [1.807, 2.05) is 0 Å². The van der Waals surface area contributed by atoms with Crippen LogP contribution in [0, 0.1) is 0 Å². The van der Waals surface area contributed by atoms with E-state index in [-0.39, 0.29) is 11.9 Å². The molecule has 4 atom stereocenters. The van der Waals surface area contributed by atoms with Crippen molar-refractivity contribution in [2.45, 2.75) is 56.3 Å². The molecule has 1 N–H and O–H groups in total. The third kappa shape index (κ3) is 1.55. The van der Waals surface area contributed by atoms with Crippen LogP contribution in [0.15, 0.2) is 0 Å². The third-order valence-corrected chi connectivity index (χ3v) is 4.45. The number of ether oxygens (including phenoxy) is 1. The van der Waals surface area contributed by atoms with E-state index in [1.165, 1.54) is 12.8 Å². The molecule has 1 aliphatic carbocycles. The maximum atomic E-state index is 11.9. The molecule has 16 heavy (non-hydrogen) atoms. The first-order chi connectivity index (χ1) is 7.79. The molecule has 4 heteroatoms. The first kappa shape index (κ1) is 10.5. The quantitative estimate of drug-likeness (QED) is 0.706. The Balaban J connectivity index is 1.76. The SMILES string of the molecule is COC1CCC2C(C1)NC(=O)C1CCCN12. The summed E-state index contributed by atoms with van der Waals surface area (Å²) in [5.41, 5.74) is 0. The molecule has 2 saturated heterocycles. The van der Waals surface area contributed by atoms with Gasteiger partial charge in [0.15, 0.2) is 0 Å². The topological polar surface area (TPSA) is 41.6 Å². The minimum atomic E-state index is 0.167. The Bertz CT molecular complexity index is 295. The summed E-state index contributed by atoms with van der Waals surface area (Å²) in [5, 5.41) is 3.19. The van der Waals surface area contributed by atoms with Crippen LogP contribution in [0.1, 0.15) is 32.1 Å². The molecule has 0 aromatic heterocycles. The van der Waals surface area contributed by atoms with Crippen molar-refractivity contribution >= 4 is 5.91 Å². The smallest absolute Gasteiger partial charge is 0.237 e. The Morgan fingerprint density at radius 1 is 1.38 bits per heavy atom. The van der Waals surface area contributed by atoms with Crippen LogP contribution >= 0.6 is 0 Å². The van der Waals surface area contributed by atoms with Crippen molar-refractivity contribution in [1.29, 1.82) is 0 Å². The van der Waals surface area contributed by atoms with Crippen molar-refractivity contribution in [2.24, 2.45) is 0 Å². The van der Waals surface area contributed by atoms with Crippen LogP contribution in [0.2, 0.25) is 0 Å². The zero-order chi connectivity index (χ0) is 11.1. The highest BCUT2D eigenvalue weighted by molar-refractivity contribution is 5.83. The van der Waals surface area contributed by atoms with E-state index in [9.17, 15) is 4.79 Å². The van der Waals surface area contributed by atoms with Gasteiger partial charge in [-0.2, -0.15) is 0 Å². The number of nitrogens with zero attached hydrogens (tertiary/aromatic N) is 1. The van der Waals surface area contributed by atoms with Gasteiger partial charge in [0.25, 0.3) is 0 Å². The van der Waals surface area contributed by atoms with Gasteiger partial charge in [-0.05, 0) is 38.6 Å². The molecule has 3 fully saturated rings.